The normalized spacial score (nSPS) is 17.4. The molecule has 3 rings (SSSR count). The first-order valence-electron chi connectivity index (χ1n) is 6.28. The number of rotatable bonds is 2. The number of fused-ring (bicyclic) bond motifs is 1. The molecular formula is C15H18N2. The van der Waals surface area contributed by atoms with Crippen molar-refractivity contribution in [2.75, 3.05) is 0 Å². The number of aromatic amines is 1. The third-order valence-corrected chi connectivity index (χ3v) is 4.27. The van der Waals surface area contributed by atoms with Gasteiger partial charge in [0.1, 0.15) is 0 Å². The Morgan fingerprint density at radius 1 is 1.18 bits per heavy atom. The van der Waals surface area contributed by atoms with E-state index in [2.05, 4.69) is 48.1 Å². The lowest BCUT2D eigenvalue weighted by molar-refractivity contribution is 0.314. The van der Waals surface area contributed by atoms with Crippen LogP contribution in [0.1, 0.15) is 30.7 Å². The monoisotopic (exact) mass is 226 g/mol. The molecule has 1 aromatic heterocycles. The molecule has 1 aliphatic rings. The van der Waals surface area contributed by atoms with Gasteiger partial charge in [-0.25, -0.2) is 4.98 Å². The van der Waals surface area contributed by atoms with Crippen LogP contribution in [0.5, 0.6) is 0 Å². The zero-order chi connectivity index (χ0) is 11.9. The lowest BCUT2D eigenvalue weighted by Gasteiger charge is -2.32. The smallest absolute Gasteiger partial charge is 0.0921 e. The Kier molecular flexibility index (Phi) is 2.32. The van der Waals surface area contributed by atoms with Crippen molar-refractivity contribution >= 4 is 0 Å². The molecule has 0 spiro atoms. The van der Waals surface area contributed by atoms with Crippen LogP contribution in [-0.4, -0.2) is 9.97 Å². The highest BCUT2D eigenvalue weighted by Gasteiger charge is 2.42. The van der Waals surface area contributed by atoms with Gasteiger partial charge in [0.15, 0.2) is 0 Å². The fraction of sp³-hybridized carbons (Fsp3) is 0.400. The first-order valence-corrected chi connectivity index (χ1v) is 6.28. The highest BCUT2D eigenvalue weighted by molar-refractivity contribution is 5.40. The van der Waals surface area contributed by atoms with Gasteiger partial charge in [0.05, 0.1) is 6.33 Å². The summed E-state index contributed by atoms with van der Waals surface area (Å²) in [6.45, 7) is 4.62. The number of nitrogens with zero attached hydrogens (tertiary/aromatic N) is 1. The lowest BCUT2D eigenvalue weighted by Crippen LogP contribution is -2.33. The fourth-order valence-corrected chi connectivity index (χ4v) is 3.08. The Hall–Kier alpha value is -1.57. The van der Waals surface area contributed by atoms with E-state index >= 15 is 0 Å². The van der Waals surface area contributed by atoms with E-state index in [9.17, 15) is 0 Å². The van der Waals surface area contributed by atoms with Gasteiger partial charge in [0.25, 0.3) is 0 Å². The lowest BCUT2D eigenvalue weighted by atomic mass is 9.72. The Bertz CT molecular complexity index is 486. The molecule has 0 amide bonds. The van der Waals surface area contributed by atoms with Crippen LogP contribution in [0.4, 0.5) is 0 Å². The highest BCUT2D eigenvalue weighted by atomic mass is 14.9. The molecule has 0 radical (unpaired) electrons. The summed E-state index contributed by atoms with van der Waals surface area (Å²) >= 11 is 0. The molecule has 2 aromatic rings. The van der Waals surface area contributed by atoms with Crippen LogP contribution in [0.15, 0.2) is 36.8 Å². The van der Waals surface area contributed by atoms with Gasteiger partial charge in [-0.05, 0) is 29.9 Å². The number of nitrogens with one attached hydrogen (secondary N) is 1. The molecule has 17 heavy (non-hydrogen) atoms. The van der Waals surface area contributed by atoms with Crippen molar-refractivity contribution in [1.82, 2.24) is 9.97 Å². The van der Waals surface area contributed by atoms with E-state index in [1.807, 2.05) is 6.20 Å². The highest BCUT2D eigenvalue weighted by Crippen LogP contribution is 2.43. The minimum Gasteiger partial charge on any atom is -0.348 e. The van der Waals surface area contributed by atoms with E-state index in [0.29, 0.717) is 5.92 Å². The first-order chi connectivity index (χ1) is 8.22. The number of aromatic nitrogens is 2. The van der Waals surface area contributed by atoms with Crippen molar-refractivity contribution in [3.8, 4) is 0 Å². The van der Waals surface area contributed by atoms with Gasteiger partial charge >= 0.3 is 0 Å². The van der Waals surface area contributed by atoms with Crippen LogP contribution >= 0.6 is 0 Å². The van der Waals surface area contributed by atoms with E-state index in [0.717, 1.165) is 12.8 Å². The summed E-state index contributed by atoms with van der Waals surface area (Å²) in [5.41, 5.74) is 4.48. The van der Waals surface area contributed by atoms with Crippen LogP contribution in [0.2, 0.25) is 0 Å². The van der Waals surface area contributed by atoms with Gasteiger partial charge < -0.3 is 4.98 Å². The molecule has 1 N–H and O–H groups in total. The fourth-order valence-electron chi connectivity index (χ4n) is 3.08. The molecule has 0 atom stereocenters. The first kappa shape index (κ1) is 10.6. The van der Waals surface area contributed by atoms with Gasteiger partial charge in [0, 0.05) is 17.3 Å². The molecule has 1 aliphatic carbocycles. The molecule has 0 unspecified atom stereocenters. The van der Waals surface area contributed by atoms with Crippen molar-refractivity contribution in [3.63, 3.8) is 0 Å². The average Bonchev–Trinajstić information content (AvgIpc) is 2.96. The quantitative estimate of drug-likeness (QED) is 0.837. The average molecular weight is 226 g/mol. The number of hydrogen-bond donors (Lipinski definition) is 1. The summed E-state index contributed by atoms with van der Waals surface area (Å²) < 4.78 is 0. The van der Waals surface area contributed by atoms with Gasteiger partial charge in [-0.1, -0.05) is 38.1 Å². The van der Waals surface area contributed by atoms with Gasteiger partial charge in [-0.3, -0.25) is 0 Å². The van der Waals surface area contributed by atoms with Crippen molar-refractivity contribution < 1.29 is 0 Å². The maximum atomic E-state index is 4.20. The van der Waals surface area contributed by atoms with Crippen molar-refractivity contribution in [2.24, 2.45) is 5.92 Å². The molecule has 88 valence electrons. The number of H-pyrrole nitrogens is 1. The van der Waals surface area contributed by atoms with E-state index in [1.165, 1.54) is 16.8 Å². The van der Waals surface area contributed by atoms with Crippen molar-refractivity contribution in [2.45, 2.75) is 32.1 Å². The van der Waals surface area contributed by atoms with Crippen LogP contribution < -0.4 is 0 Å². The SMILES string of the molecule is CC(C)C1(c2cnc[nH]2)Cc2ccccc2C1. The molecule has 1 heterocycles. The van der Waals surface area contributed by atoms with Crippen LogP contribution in [0.25, 0.3) is 0 Å². The molecule has 0 aliphatic heterocycles. The third kappa shape index (κ3) is 1.51. The topological polar surface area (TPSA) is 28.7 Å². The Labute approximate surface area is 102 Å². The summed E-state index contributed by atoms with van der Waals surface area (Å²) in [4.78, 5) is 7.53. The van der Waals surface area contributed by atoms with Gasteiger partial charge in [0.2, 0.25) is 0 Å². The second-order valence-corrected chi connectivity index (χ2v) is 5.40. The summed E-state index contributed by atoms with van der Waals surface area (Å²) in [5.74, 6) is 0.607. The van der Waals surface area contributed by atoms with Gasteiger partial charge in [-0.15, -0.1) is 0 Å². The minimum absolute atomic E-state index is 0.209. The number of benzene rings is 1. The summed E-state index contributed by atoms with van der Waals surface area (Å²) in [6, 6.07) is 8.80. The van der Waals surface area contributed by atoms with Crippen LogP contribution in [-0.2, 0) is 18.3 Å². The van der Waals surface area contributed by atoms with Gasteiger partial charge in [-0.2, -0.15) is 0 Å². The van der Waals surface area contributed by atoms with E-state index in [4.69, 9.17) is 0 Å². The predicted octanol–water partition coefficient (Wildman–Crippen LogP) is 3.10. The van der Waals surface area contributed by atoms with Crippen LogP contribution in [0.3, 0.4) is 0 Å². The zero-order valence-corrected chi connectivity index (χ0v) is 10.4. The predicted molar refractivity (Wildman–Crippen MR) is 69.0 cm³/mol. The molecule has 0 saturated heterocycles. The third-order valence-electron chi connectivity index (χ3n) is 4.27. The zero-order valence-electron chi connectivity index (χ0n) is 10.4. The molecular weight excluding hydrogens is 208 g/mol. The second-order valence-electron chi connectivity index (χ2n) is 5.40. The molecule has 2 heteroatoms. The molecule has 1 aromatic carbocycles. The van der Waals surface area contributed by atoms with E-state index < -0.39 is 0 Å². The molecule has 0 fully saturated rings. The molecule has 2 nitrogen and oxygen atoms in total. The van der Waals surface area contributed by atoms with E-state index in [1.54, 1.807) is 6.33 Å². The minimum atomic E-state index is 0.209. The number of imidazole rings is 1. The summed E-state index contributed by atoms with van der Waals surface area (Å²) in [7, 11) is 0. The molecule has 0 saturated carbocycles. The standard InChI is InChI=1S/C15H18N2/c1-11(2)15(14-9-16-10-17-14)7-12-5-3-4-6-13(12)8-15/h3-6,9-11H,7-8H2,1-2H3,(H,16,17). The van der Waals surface area contributed by atoms with Crippen molar-refractivity contribution in [1.29, 1.82) is 0 Å². The maximum Gasteiger partial charge on any atom is 0.0921 e. The second kappa shape index (κ2) is 3.73. The largest absolute Gasteiger partial charge is 0.348 e. The Morgan fingerprint density at radius 2 is 1.82 bits per heavy atom. The Morgan fingerprint density at radius 3 is 2.29 bits per heavy atom. The Balaban J connectivity index is 2.07. The van der Waals surface area contributed by atoms with Crippen LogP contribution in [0, 0.1) is 5.92 Å². The molecule has 0 bridgehead atoms. The van der Waals surface area contributed by atoms with E-state index in [-0.39, 0.29) is 5.41 Å². The number of hydrogen-bond acceptors (Lipinski definition) is 1. The summed E-state index contributed by atoms with van der Waals surface area (Å²) in [5, 5.41) is 0. The van der Waals surface area contributed by atoms with Crippen molar-refractivity contribution in [3.05, 3.63) is 53.6 Å². The maximum absolute atomic E-state index is 4.20. The summed E-state index contributed by atoms with van der Waals surface area (Å²) in [6.07, 6.45) is 6.04.